The lowest BCUT2D eigenvalue weighted by molar-refractivity contribution is -0.162. The molecule has 0 unspecified atom stereocenters. The Hall–Kier alpha value is -2.70. The first-order chi connectivity index (χ1) is 13.8. The topological polar surface area (TPSA) is 74.8 Å². The minimum absolute atomic E-state index is 0.0407. The average Bonchev–Trinajstić information content (AvgIpc) is 2.67. The highest BCUT2D eigenvalue weighted by molar-refractivity contribution is 6.36. The van der Waals surface area contributed by atoms with Gasteiger partial charge in [0, 0.05) is 23.4 Å². The number of Topliss-reactive ketones (excluding diaryl/α,β-unsaturated/α-hetero) is 1. The van der Waals surface area contributed by atoms with Crippen molar-refractivity contribution in [1.82, 2.24) is 10.0 Å². The minimum atomic E-state index is -0.726. The van der Waals surface area contributed by atoms with Crippen molar-refractivity contribution in [3.05, 3.63) is 69.2 Å². The molecule has 6 nitrogen and oxygen atoms in total. The predicted octanol–water partition coefficient (Wildman–Crippen LogP) is 4.08. The fraction of sp³-hybridized carbons (Fsp3) is 0.238. The van der Waals surface area contributed by atoms with Crippen molar-refractivity contribution in [3.63, 3.8) is 0 Å². The van der Waals surface area contributed by atoms with E-state index in [-0.39, 0.29) is 23.4 Å². The van der Waals surface area contributed by atoms with Crippen molar-refractivity contribution in [2.24, 2.45) is 0 Å². The van der Waals surface area contributed by atoms with E-state index < -0.39 is 30.0 Å². The number of nitrogens with zero attached hydrogens (tertiary/aromatic N) is 2. The van der Waals surface area contributed by atoms with Crippen LogP contribution in [0.2, 0.25) is 10.0 Å². The van der Waals surface area contributed by atoms with Crippen molar-refractivity contribution in [3.8, 4) is 0 Å². The molecule has 3 rings (SSSR count). The Balaban J connectivity index is 1.97. The molecule has 1 fully saturated rings. The van der Waals surface area contributed by atoms with Crippen LogP contribution in [0.4, 0.5) is 0 Å². The van der Waals surface area contributed by atoms with E-state index in [2.05, 4.69) is 0 Å². The van der Waals surface area contributed by atoms with Gasteiger partial charge in [-0.2, -0.15) is 5.01 Å². The maximum Gasteiger partial charge on any atom is 0.274 e. The fourth-order valence-electron chi connectivity index (χ4n) is 3.01. The Morgan fingerprint density at radius 3 is 2.21 bits per heavy atom. The average molecular weight is 433 g/mol. The van der Waals surface area contributed by atoms with Gasteiger partial charge in [0.1, 0.15) is 6.54 Å². The van der Waals surface area contributed by atoms with Gasteiger partial charge in [-0.1, -0.05) is 53.0 Å². The van der Waals surface area contributed by atoms with Crippen LogP contribution in [-0.4, -0.2) is 40.1 Å². The summed E-state index contributed by atoms with van der Waals surface area (Å²) in [5.41, 5.74) is 1.38. The molecule has 1 heterocycles. The van der Waals surface area contributed by atoms with E-state index in [1.165, 1.54) is 18.2 Å². The second-order valence-corrected chi connectivity index (χ2v) is 7.57. The highest BCUT2D eigenvalue weighted by Crippen LogP contribution is 2.25. The zero-order chi connectivity index (χ0) is 21.1. The van der Waals surface area contributed by atoms with Crippen LogP contribution < -0.4 is 0 Å². The summed E-state index contributed by atoms with van der Waals surface area (Å²) in [4.78, 5) is 50.8. The first-order valence-electron chi connectivity index (χ1n) is 9.00. The van der Waals surface area contributed by atoms with Gasteiger partial charge in [-0.05, 0) is 31.5 Å². The van der Waals surface area contributed by atoms with Crippen LogP contribution in [0, 0.1) is 6.92 Å². The number of rotatable bonds is 5. The number of ketones is 1. The number of hydrogen-bond donors (Lipinski definition) is 0. The van der Waals surface area contributed by atoms with Gasteiger partial charge in [-0.15, -0.1) is 0 Å². The standard InChI is InChI=1S/C21H18Cl2N2O4/c1-13-5-7-14(8-6-13)18(26)12-24(25-19(27)3-2-4-20(25)28)21(29)16-10-9-15(22)11-17(16)23/h5-11H,2-4,12H2,1H3. The van der Waals surface area contributed by atoms with Crippen LogP contribution in [0.25, 0.3) is 0 Å². The van der Waals surface area contributed by atoms with E-state index in [1.807, 2.05) is 6.92 Å². The molecule has 2 aromatic carbocycles. The molecular formula is C21H18Cl2N2O4. The summed E-state index contributed by atoms with van der Waals surface area (Å²) in [7, 11) is 0. The molecule has 2 aromatic rings. The highest BCUT2D eigenvalue weighted by Gasteiger charge is 2.36. The van der Waals surface area contributed by atoms with Gasteiger partial charge in [-0.3, -0.25) is 19.2 Å². The van der Waals surface area contributed by atoms with Crippen LogP contribution in [0.15, 0.2) is 42.5 Å². The zero-order valence-corrected chi connectivity index (χ0v) is 17.2. The number of aryl methyl sites for hydroxylation is 1. The number of piperidine rings is 1. The molecule has 150 valence electrons. The zero-order valence-electron chi connectivity index (χ0n) is 15.7. The number of hydrazine groups is 1. The number of carbonyl (C=O) groups excluding carboxylic acids is 4. The molecule has 0 N–H and O–H groups in total. The summed E-state index contributed by atoms with van der Waals surface area (Å²) in [6, 6.07) is 11.1. The summed E-state index contributed by atoms with van der Waals surface area (Å²) in [5.74, 6) is -2.20. The molecule has 0 bridgehead atoms. The smallest absolute Gasteiger partial charge is 0.274 e. The Bertz CT molecular complexity index is 973. The Kier molecular flexibility index (Phi) is 6.35. The normalized spacial score (nSPS) is 14.1. The minimum Gasteiger partial charge on any atom is -0.292 e. The van der Waals surface area contributed by atoms with Crippen LogP contribution in [0.1, 0.15) is 45.5 Å². The first-order valence-corrected chi connectivity index (χ1v) is 9.76. The quantitative estimate of drug-likeness (QED) is 0.526. The van der Waals surface area contributed by atoms with E-state index >= 15 is 0 Å². The van der Waals surface area contributed by atoms with E-state index in [4.69, 9.17) is 23.2 Å². The van der Waals surface area contributed by atoms with Crippen LogP contribution in [-0.2, 0) is 9.59 Å². The summed E-state index contributed by atoms with van der Waals surface area (Å²) >= 11 is 12.0. The first kappa shape index (κ1) is 21.0. The third-order valence-electron chi connectivity index (χ3n) is 4.56. The monoisotopic (exact) mass is 432 g/mol. The maximum absolute atomic E-state index is 13.2. The van der Waals surface area contributed by atoms with Crippen LogP contribution >= 0.6 is 23.2 Å². The fourth-order valence-corrected chi connectivity index (χ4v) is 3.50. The number of amides is 3. The number of benzene rings is 2. The van der Waals surface area contributed by atoms with Gasteiger partial charge in [0.2, 0.25) is 11.8 Å². The van der Waals surface area contributed by atoms with Gasteiger partial charge in [0.25, 0.3) is 5.91 Å². The third kappa shape index (κ3) is 4.66. The lowest BCUT2D eigenvalue weighted by atomic mass is 10.1. The summed E-state index contributed by atoms with van der Waals surface area (Å²) in [6.07, 6.45) is 0.634. The number of imide groups is 1. The largest absolute Gasteiger partial charge is 0.292 e. The van der Waals surface area contributed by atoms with Gasteiger partial charge >= 0.3 is 0 Å². The molecule has 29 heavy (non-hydrogen) atoms. The second kappa shape index (κ2) is 8.76. The Morgan fingerprint density at radius 2 is 1.62 bits per heavy atom. The van der Waals surface area contributed by atoms with Gasteiger partial charge in [0.15, 0.2) is 5.78 Å². The molecule has 0 atom stereocenters. The van der Waals surface area contributed by atoms with E-state index in [0.717, 1.165) is 15.6 Å². The molecule has 3 amide bonds. The van der Waals surface area contributed by atoms with Crippen molar-refractivity contribution in [2.45, 2.75) is 26.2 Å². The van der Waals surface area contributed by atoms with Crippen molar-refractivity contribution >= 4 is 46.7 Å². The molecule has 8 heteroatoms. The van der Waals surface area contributed by atoms with Crippen molar-refractivity contribution in [2.75, 3.05) is 6.54 Å². The lowest BCUT2D eigenvalue weighted by Crippen LogP contribution is -2.56. The van der Waals surface area contributed by atoms with E-state index in [1.54, 1.807) is 24.3 Å². The van der Waals surface area contributed by atoms with Crippen molar-refractivity contribution < 1.29 is 19.2 Å². The molecule has 1 saturated heterocycles. The van der Waals surface area contributed by atoms with E-state index in [0.29, 0.717) is 17.0 Å². The number of halogens is 2. The maximum atomic E-state index is 13.2. The van der Waals surface area contributed by atoms with Gasteiger partial charge in [0.05, 0.1) is 10.6 Å². The lowest BCUT2D eigenvalue weighted by Gasteiger charge is -2.35. The molecule has 0 radical (unpaired) electrons. The van der Waals surface area contributed by atoms with E-state index in [9.17, 15) is 19.2 Å². The molecule has 0 saturated carbocycles. The number of hydrogen-bond acceptors (Lipinski definition) is 4. The molecule has 1 aliphatic heterocycles. The van der Waals surface area contributed by atoms with Gasteiger partial charge in [-0.25, -0.2) is 5.01 Å². The third-order valence-corrected chi connectivity index (χ3v) is 5.11. The van der Waals surface area contributed by atoms with Crippen LogP contribution in [0.3, 0.4) is 0 Å². The molecule has 0 spiro atoms. The van der Waals surface area contributed by atoms with Gasteiger partial charge < -0.3 is 0 Å². The highest BCUT2D eigenvalue weighted by atomic mass is 35.5. The SMILES string of the molecule is Cc1ccc(C(=O)CN(C(=O)c2ccc(Cl)cc2Cl)N2C(=O)CCCC2=O)cc1. The molecular weight excluding hydrogens is 415 g/mol. The summed E-state index contributed by atoms with van der Waals surface area (Å²) < 4.78 is 0. The Morgan fingerprint density at radius 1 is 1.00 bits per heavy atom. The molecule has 0 aromatic heterocycles. The Labute approximate surface area is 178 Å². The second-order valence-electron chi connectivity index (χ2n) is 6.73. The summed E-state index contributed by atoms with van der Waals surface area (Å²) in [5, 5.41) is 2.04. The number of carbonyl (C=O) groups is 4. The summed E-state index contributed by atoms with van der Waals surface area (Å²) in [6.45, 7) is 1.41. The molecule has 1 aliphatic rings. The predicted molar refractivity (Wildman–Crippen MR) is 109 cm³/mol. The molecule has 0 aliphatic carbocycles. The van der Waals surface area contributed by atoms with Crippen molar-refractivity contribution in [1.29, 1.82) is 0 Å². The van der Waals surface area contributed by atoms with Crippen LogP contribution in [0.5, 0.6) is 0 Å².